The number of rotatable bonds is 5. The maximum atomic E-state index is 4.41. The number of hydrogen-bond donors (Lipinski definition) is 1. The fraction of sp³-hybridized carbons (Fsp3) is 0.643. The summed E-state index contributed by atoms with van der Waals surface area (Å²) in [7, 11) is 0. The van der Waals surface area contributed by atoms with Crippen LogP contribution in [0.25, 0.3) is 0 Å². The highest BCUT2D eigenvalue weighted by Gasteiger charge is 2.17. The van der Waals surface area contributed by atoms with Crippen molar-refractivity contribution >= 4 is 21.7 Å². The van der Waals surface area contributed by atoms with Crippen molar-refractivity contribution in [2.75, 3.05) is 11.9 Å². The predicted molar refractivity (Wildman–Crippen MR) is 78.3 cm³/mol. The van der Waals surface area contributed by atoms with E-state index in [-0.39, 0.29) is 0 Å². The first-order valence-corrected chi connectivity index (χ1v) is 7.07. The average molecular weight is 299 g/mol. The SMILES string of the molecule is Cc1cc(Br)cnc1NCC(C(C)C)C(C)C. The Kier molecular flexibility index (Phi) is 5.44. The second-order valence-corrected chi connectivity index (χ2v) is 6.27. The van der Waals surface area contributed by atoms with Crippen LogP contribution < -0.4 is 5.32 Å². The van der Waals surface area contributed by atoms with Crippen LogP contribution in [0.5, 0.6) is 0 Å². The van der Waals surface area contributed by atoms with E-state index in [2.05, 4.69) is 66.9 Å². The van der Waals surface area contributed by atoms with Gasteiger partial charge in [-0.25, -0.2) is 4.98 Å². The number of anilines is 1. The number of aromatic nitrogens is 1. The zero-order chi connectivity index (χ0) is 13.0. The van der Waals surface area contributed by atoms with Crippen molar-refractivity contribution in [1.29, 1.82) is 0 Å². The van der Waals surface area contributed by atoms with Crippen LogP contribution in [0.3, 0.4) is 0 Å². The second-order valence-electron chi connectivity index (χ2n) is 5.35. The molecule has 0 spiro atoms. The van der Waals surface area contributed by atoms with Crippen molar-refractivity contribution in [1.82, 2.24) is 4.98 Å². The van der Waals surface area contributed by atoms with Gasteiger partial charge in [-0.1, -0.05) is 27.7 Å². The Morgan fingerprint density at radius 3 is 2.29 bits per heavy atom. The summed E-state index contributed by atoms with van der Waals surface area (Å²) in [5.74, 6) is 3.07. The lowest BCUT2D eigenvalue weighted by molar-refractivity contribution is 0.304. The summed E-state index contributed by atoms with van der Waals surface area (Å²) in [6, 6.07) is 2.09. The number of aryl methyl sites for hydroxylation is 1. The molecular formula is C14H23BrN2. The molecule has 0 unspecified atom stereocenters. The Hall–Kier alpha value is -0.570. The smallest absolute Gasteiger partial charge is 0.128 e. The molecule has 0 aliphatic heterocycles. The first-order valence-electron chi connectivity index (χ1n) is 6.27. The van der Waals surface area contributed by atoms with Crippen molar-refractivity contribution in [3.8, 4) is 0 Å². The summed E-state index contributed by atoms with van der Waals surface area (Å²) in [4.78, 5) is 4.41. The first-order chi connectivity index (χ1) is 7.91. The van der Waals surface area contributed by atoms with E-state index in [1.807, 2.05) is 6.20 Å². The second kappa shape index (κ2) is 6.39. The minimum atomic E-state index is 0.680. The highest BCUT2D eigenvalue weighted by Crippen LogP contribution is 2.22. The lowest BCUT2D eigenvalue weighted by atomic mass is 9.85. The molecule has 2 nitrogen and oxygen atoms in total. The Labute approximate surface area is 113 Å². The summed E-state index contributed by atoms with van der Waals surface area (Å²) in [5, 5.41) is 3.47. The van der Waals surface area contributed by atoms with Crippen LogP contribution in [0.15, 0.2) is 16.7 Å². The summed E-state index contributed by atoms with van der Waals surface area (Å²) < 4.78 is 1.03. The number of halogens is 1. The van der Waals surface area contributed by atoms with E-state index >= 15 is 0 Å². The van der Waals surface area contributed by atoms with E-state index in [4.69, 9.17) is 0 Å². The summed E-state index contributed by atoms with van der Waals surface area (Å²) in [5.41, 5.74) is 1.19. The predicted octanol–water partition coefficient (Wildman–Crippen LogP) is 4.49. The summed E-state index contributed by atoms with van der Waals surface area (Å²) in [6.07, 6.45) is 1.84. The van der Waals surface area contributed by atoms with Gasteiger partial charge in [-0.2, -0.15) is 0 Å². The van der Waals surface area contributed by atoms with E-state index in [1.54, 1.807) is 0 Å². The van der Waals surface area contributed by atoms with Gasteiger partial charge in [0.2, 0.25) is 0 Å². The van der Waals surface area contributed by atoms with Gasteiger partial charge in [0.05, 0.1) is 0 Å². The van der Waals surface area contributed by atoms with Gasteiger partial charge in [0.25, 0.3) is 0 Å². The van der Waals surface area contributed by atoms with Gasteiger partial charge in [-0.3, -0.25) is 0 Å². The molecule has 0 saturated heterocycles. The average Bonchev–Trinajstić information content (AvgIpc) is 2.20. The van der Waals surface area contributed by atoms with Crippen molar-refractivity contribution < 1.29 is 0 Å². The third-order valence-electron chi connectivity index (χ3n) is 3.26. The van der Waals surface area contributed by atoms with E-state index < -0.39 is 0 Å². The quantitative estimate of drug-likeness (QED) is 0.866. The fourth-order valence-electron chi connectivity index (χ4n) is 2.18. The van der Waals surface area contributed by atoms with Crippen LogP contribution >= 0.6 is 15.9 Å². The summed E-state index contributed by atoms with van der Waals surface area (Å²) in [6.45, 7) is 12.2. The molecule has 0 atom stereocenters. The van der Waals surface area contributed by atoms with Gasteiger partial charge in [0, 0.05) is 17.2 Å². The van der Waals surface area contributed by atoms with Crippen molar-refractivity contribution in [3.05, 3.63) is 22.3 Å². The molecule has 0 radical (unpaired) electrons. The Morgan fingerprint density at radius 2 is 1.82 bits per heavy atom. The molecule has 1 aromatic rings. The molecule has 0 fully saturated rings. The molecule has 96 valence electrons. The van der Waals surface area contributed by atoms with Crippen LogP contribution in [0.2, 0.25) is 0 Å². The topological polar surface area (TPSA) is 24.9 Å². The third kappa shape index (κ3) is 4.30. The maximum absolute atomic E-state index is 4.41. The Morgan fingerprint density at radius 1 is 1.24 bits per heavy atom. The molecule has 3 heteroatoms. The lowest BCUT2D eigenvalue weighted by Crippen LogP contribution is -2.25. The third-order valence-corrected chi connectivity index (χ3v) is 3.70. The molecule has 0 bridgehead atoms. The molecule has 0 aliphatic carbocycles. The Balaban J connectivity index is 2.65. The van der Waals surface area contributed by atoms with E-state index in [9.17, 15) is 0 Å². The van der Waals surface area contributed by atoms with Crippen LogP contribution in [-0.2, 0) is 0 Å². The van der Waals surface area contributed by atoms with Gasteiger partial charge >= 0.3 is 0 Å². The number of hydrogen-bond acceptors (Lipinski definition) is 2. The molecule has 0 amide bonds. The zero-order valence-corrected chi connectivity index (χ0v) is 13.0. The van der Waals surface area contributed by atoms with Crippen molar-refractivity contribution in [3.63, 3.8) is 0 Å². The standard InChI is InChI=1S/C14H23BrN2/c1-9(2)13(10(3)4)8-17-14-11(5)6-12(15)7-16-14/h6-7,9-10,13H,8H2,1-5H3,(H,16,17). The molecule has 1 rings (SSSR count). The van der Waals surface area contributed by atoms with Crippen LogP contribution in [-0.4, -0.2) is 11.5 Å². The highest BCUT2D eigenvalue weighted by molar-refractivity contribution is 9.10. The monoisotopic (exact) mass is 298 g/mol. The molecule has 1 heterocycles. The van der Waals surface area contributed by atoms with Gasteiger partial charge in [-0.15, -0.1) is 0 Å². The first kappa shape index (κ1) is 14.5. The van der Waals surface area contributed by atoms with Crippen LogP contribution in [0, 0.1) is 24.7 Å². The number of pyridine rings is 1. The molecule has 0 aliphatic rings. The Bertz CT molecular complexity index is 353. The van der Waals surface area contributed by atoms with Crippen LogP contribution in [0.4, 0.5) is 5.82 Å². The fourth-order valence-corrected chi connectivity index (χ4v) is 2.63. The lowest BCUT2D eigenvalue weighted by Gasteiger charge is -2.25. The van der Waals surface area contributed by atoms with Gasteiger partial charge in [-0.05, 0) is 52.2 Å². The normalized spacial score (nSPS) is 11.6. The molecule has 17 heavy (non-hydrogen) atoms. The molecule has 0 saturated carbocycles. The number of nitrogens with zero attached hydrogens (tertiary/aromatic N) is 1. The minimum Gasteiger partial charge on any atom is -0.370 e. The minimum absolute atomic E-state index is 0.680. The van der Waals surface area contributed by atoms with E-state index in [0.717, 1.165) is 16.8 Å². The van der Waals surface area contributed by atoms with E-state index in [1.165, 1.54) is 5.56 Å². The molecule has 0 aromatic carbocycles. The van der Waals surface area contributed by atoms with Crippen molar-refractivity contribution in [2.45, 2.75) is 34.6 Å². The van der Waals surface area contributed by atoms with Gasteiger partial charge in [0.1, 0.15) is 5.82 Å². The van der Waals surface area contributed by atoms with Gasteiger partial charge in [0.15, 0.2) is 0 Å². The molecular weight excluding hydrogens is 276 g/mol. The van der Waals surface area contributed by atoms with Crippen molar-refractivity contribution in [2.24, 2.45) is 17.8 Å². The summed E-state index contributed by atoms with van der Waals surface area (Å²) >= 11 is 3.43. The largest absolute Gasteiger partial charge is 0.370 e. The zero-order valence-electron chi connectivity index (χ0n) is 11.4. The molecule has 1 aromatic heterocycles. The highest BCUT2D eigenvalue weighted by atomic mass is 79.9. The number of nitrogens with one attached hydrogen (secondary N) is 1. The van der Waals surface area contributed by atoms with E-state index in [0.29, 0.717) is 17.8 Å². The molecule has 1 N–H and O–H groups in total. The maximum Gasteiger partial charge on any atom is 0.128 e. The van der Waals surface area contributed by atoms with Gasteiger partial charge < -0.3 is 5.32 Å². The van der Waals surface area contributed by atoms with Crippen LogP contribution in [0.1, 0.15) is 33.3 Å².